The Morgan fingerprint density at radius 1 is 1.59 bits per heavy atom. The highest BCUT2D eigenvalue weighted by Crippen LogP contribution is 2.12. The van der Waals surface area contributed by atoms with Gasteiger partial charge in [0.1, 0.15) is 0 Å². The number of hydrogen-bond acceptors (Lipinski definition) is 4. The lowest BCUT2D eigenvalue weighted by molar-refractivity contribution is -0.120. The van der Waals surface area contributed by atoms with Crippen molar-refractivity contribution in [1.82, 2.24) is 15.6 Å². The largest absolute Gasteiger partial charge is 0.383 e. The molecule has 0 saturated carbocycles. The van der Waals surface area contributed by atoms with Crippen LogP contribution in [-0.2, 0) is 16.1 Å². The number of rotatable bonds is 7. The van der Waals surface area contributed by atoms with Crippen LogP contribution in [0.4, 0.5) is 0 Å². The Hall–Kier alpha value is -1.17. The van der Waals surface area contributed by atoms with E-state index < -0.39 is 0 Å². The second-order valence-corrected chi connectivity index (χ2v) is 3.82. The third-order valence-electron chi connectivity index (χ3n) is 2.09. The SMILES string of the molecule is COCCNC(=O)CNCc1ccncc1Cl. The number of nitrogens with one attached hydrogen (secondary N) is 2. The monoisotopic (exact) mass is 257 g/mol. The maximum Gasteiger partial charge on any atom is 0.234 e. The normalized spacial score (nSPS) is 10.2. The van der Waals surface area contributed by atoms with Gasteiger partial charge in [0.05, 0.1) is 18.2 Å². The van der Waals surface area contributed by atoms with Gasteiger partial charge < -0.3 is 15.4 Å². The standard InChI is InChI=1S/C11H16ClN3O2/c1-17-5-4-15-11(16)8-14-6-9-2-3-13-7-10(9)12/h2-3,7,14H,4-6,8H2,1H3,(H,15,16). The van der Waals surface area contributed by atoms with Crippen molar-refractivity contribution in [3.8, 4) is 0 Å². The third kappa shape index (κ3) is 5.63. The molecule has 1 rings (SSSR count). The molecule has 2 N–H and O–H groups in total. The van der Waals surface area contributed by atoms with Crippen LogP contribution in [0.25, 0.3) is 0 Å². The van der Waals surface area contributed by atoms with E-state index in [-0.39, 0.29) is 12.5 Å². The van der Waals surface area contributed by atoms with E-state index in [1.54, 1.807) is 19.5 Å². The molecule has 17 heavy (non-hydrogen) atoms. The van der Waals surface area contributed by atoms with Crippen LogP contribution in [0.5, 0.6) is 0 Å². The van der Waals surface area contributed by atoms with Gasteiger partial charge in [-0.1, -0.05) is 11.6 Å². The molecule has 0 fully saturated rings. The number of nitrogens with zero attached hydrogens (tertiary/aromatic N) is 1. The van der Waals surface area contributed by atoms with Crippen molar-refractivity contribution in [3.05, 3.63) is 29.0 Å². The van der Waals surface area contributed by atoms with Crippen molar-refractivity contribution in [3.63, 3.8) is 0 Å². The first-order valence-electron chi connectivity index (χ1n) is 5.28. The van der Waals surface area contributed by atoms with Gasteiger partial charge in [-0.25, -0.2) is 0 Å². The van der Waals surface area contributed by atoms with Gasteiger partial charge in [0, 0.05) is 32.6 Å². The van der Waals surface area contributed by atoms with Crippen molar-refractivity contribution in [2.75, 3.05) is 26.8 Å². The molecule has 6 heteroatoms. The highest BCUT2D eigenvalue weighted by Gasteiger charge is 2.02. The van der Waals surface area contributed by atoms with Gasteiger partial charge in [-0.3, -0.25) is 9.78 Å². The Balaban J connectivity index is 2.19. The Morgan fingerprint density at radius 2 is 2.41 bits per heavy atom. The third-order valence-corrected chi connectivity index (χ3v) is 2.43. The van der Waals surface area contributed by atoms with Gasteiger partial charge >= 0.3 is 0 Å². The highest BCUT2D eigenvalue weighted by molar-refractivity contribution is 6.31. The van der Waals surface area contributed by atoms with E-state index in [1.165, 1.54) is 0 Å². The molecule has 0 spiro atoms. The number of methoxy groups -OCH3 is 1. The maximum atomic E-state index is 11.3. The van der Waals surface area contributed by atoms with Crippen LogP contribution in [-0.4, -0.2) is 37.7 Å². The zero-order chi connectivity index (χ0) is 12.5. The fourth-order valence-corrected chi connectivity index (χ4v) is 1.40. The van der Waals surface area contributed by atoms with Crippen LogP contribution in [0.1, 0.15) is 5.56 Å². The van der Waals surface area contributed by atoms with Crippen LogP contribution in [0.2, 0.25) is 5.02 Å². The average molecular weight is 258 g/mol. The first kappa shape index (κ1) is 13.9. The van der Waals surface area contributed by atoms with Gasteiger partial charge in [0.25, 0.3) is 0 Å². The molecule has 0 aliphatic carbocycles. The van der Waals surface area contributed by atoms with E-state index in [0.29, 0.717) is 24.7 Å². The molecule has 94 valence electrons. The van der Waals surface area contributed by atoms with Crippen LogP contribution in [0.15, 0.2) is 18.5 Å². The van der Waals surface area contributed by atoms with Crippen molar-refractivity contribution in [2.24, 2.45) is 0 Å². The summed E-state index contributed by atoms with van der Waals surface area (Å²) >= 11 is 5.92. The lowest BCUT2D eigenvalue weighted by Crippen LogP contribution is -2.35. The smallest absolute Gasteiger partial charge is 0.234 e. The minimum Gasteiger partial charge on any atom is -0.383 e. The summed E-state index contributed by atoms with van der Waals surface area (Å²) in [7, 11) is 1.59. The van der Waals surface area contributed by atoms with Gasteiger partial charge in [0.2, 0.25) is 5.91 Å². The van der Waals surface area contributed by atoms with E-state index in [2.05, 4.69) is 15.6 Å². The Kier molecular flexibility index (Phi) is 6.54. The minimum atomic E-state index is -0.0628. The number of ether oxygens (including phenoxy) is 1. The van der Waals surface area contributed by atoms with Gasteiger partial charge in [-0.15, -0.1) is 0 Å². The number of aromatic nitrogens is 1. The first-order chi connectivity index (χ1) is 8.24. The molecule has 0 aromatic carbocycles. The summed E-state index contributed by atoms with van der Waals surface area (Å²) in [5.74, 6) is -0.0628. The van der Waals surface area contributed by atoms with E-state index in [0.717, 1.165) is 5.56 Å². The summed E-state index contributed by atoms with van der Waals surface area (Å²) in [5, 5.41) is 6.31. The highest BCUT2D eigenvalue weighted by atomic mass is 35.5. The topological polar surface area (TPSA) is 63.2 Å². The summed E-state index contributed by atoms with van der Waals surface area (Å²) in [6.45, 7) is 1.83. The fraction of sp³-hybridized carbons (Fsp3) is 0.455. The summed E-state index contributed by atoms with van der Waals surface area (Å²) in [6, 6.07) is 1.82. The number of pyridine rings is 1. The van der Waals surface area contributed by atoms with Crippen molar-refractivity contribution in [2.45, 2.75) is 6.54 Å². The lowest BCUT2D eigenvalue weighted by atomic mass is 10.2. The van der Waals surface area contributed by atoms with Crippen molar-refractivity contribution >= 4 is 17.5 Å². The number of carbonyl (C=O) groups is 1. The summed E-state index contributed by atoms with van der Waals surface area (Å²) < 4.78 is 4.82. The zero-order valence-corrected chi connectivity index (χ0v) is 10.5. The van der Waals surface area contributed by atoms with Gasteiger partial charge in [-0.05, 0) is 11.6 Å². The van der Waals surface area contributed by atoms with Crippen LogP contribution in [0, 0.1) is 0 Å². The number of amides is 1. The molecule has 0 atom stereocenters. The second kappa shape index (κ2) is 8.00. The lowest BCUT2D eigenvalue weighted by Gasteiger charge is -2.07. The minimum absolute atomic E-state index is 0.0628. The molecular weight excluding hydrogens is 242 g/mol. The number of halogens is 1. The number of hydrogen-bond donors (Lipinski definition) is 2. The summed E-state index contributed by atoms with van der Waals surface area (Å²) in [5.41, 5.74) is 0.923. The van der Waals surface area contributed by atoms with E-state index in [9.17, 15) is 4.79 Å². The van der Waals surface area contributed by atoms with Gasteiger partial charge in [-0.2, -0.15) is 0 Å². The molecule has 5 nitrogen and oxygen atoms in total. The molecule has 1 heterocycles. The number of carbonyl (C=O) groups excluding carboxylic acids is 1. The summed E-state index contributed by atoms with van der Waals surface area (Å²) in [4.78, 5) is 15.2. The molecule has 1 aromatic heterocycles. The Bertz CT molecular complexity index is 360. The van der Waals surface area contributed by atoms with Crippen LogP contribution < -0.4 is 10.6 Å². The van der Waals surface area contributed by atoms with Crippen molar-refractivity contribution < 1.29 is 9.53 Å². The molecule has 0 aliphatic heterocycles. The van der Waals surface area contributed by atoms with Gasteiger partial charge in [0.15, 0.2) is 0 Å². The van der Waals surface area contributed by atoms with E-state index in [1.807, 2.05) is 6.07 Å². The van der Waals surface area contributed by atoms with Crippen LogP contribution in [0.3, 0.4) is 0 Å². The predicted octanol–water partition coefficient (Wildman–Crippen LogP) is 0.587. The second-order valence-electron chi connectivity index (χ2n) is 3.41. The Morgan fingerprint density at radius 3 is 3.12 bits per heavy atom. The molecule has 0 radical (unpaired) electrons. The molecule has 1 amide bonds. The molecular formula is C11H16ClN3O2. The van der Waals surface area contributed by atoms with E-state index in [4.69, 9.17) is 16.3 Å². The Labute approximate surface area is 106 Å². The molecule has 0 saturated heterocycles. The first-order valence-corrected chi connectivity index (χ1v) is 5.66. The summed E-state index contributed by atoms with van der Waals surface area (Å²) in [6.07, 6.45) is 3.25. The average Bonchev–Trinajstić information content (AvgIpc) is 2.32. The molecule has 0 aliphatic rings. The maximum absolute atomic E-state index is 11.3. The van der Waals surface area contributed by atoms with E-state index >= 15 is 0 Å². The van der Waals surface area contributed by atoms with Crippen molar-refractivity contribution in [1.29, 1.82) is 0 Å². The molecule has 0 unspecified atom stereocenters. The van der Waals surface area contributed by atoms with Crippen LogP contribution >= 0.6 is 11.6 Å². The quantitative estimate of drug-likeness (QED) is 0.702. The predicted molar refractivity (Wildman–Crippen MR) is 65.8 cm³/mol. The molecule has 0 bridgehead atoms. The fourth-order valence-electron chi connectivity index (χ4n) is 1.21. The molecule has 1 aromatic rings. The zero-order valence-electron chi connectivity index (χ0n) is 9.70.